The number of ether oxygens (including phenoxy) is 3. The van der Waals surface area contributed by atoms with E-state index >= 15 is 0 Å². The quantitative estimate of drug-likeness (QED) is 0.778. The van der Waals surface area contributed by atoms with E-state index in [1.165, 1.54) is 0 Å². The summed E-state index contributed by atoms with van der Waals surface area (Å²) in [4.78, 5) is 26.3. The lowest BCUT2D eigenvalue weighted by Crippen LogP contribution is -2.39. The van der Waals surface area contributed by atoms with Crippen LogP contribution in [0.3, 0.4) is 0 Å². The highest BCUT2D eigenvalue weighted by molar-refractivity contribution is 6.04. The molecule has 1 aromatic rings. The third kappa shape index (κ3) is 3.52. The molecular weight excluding hydrogens is 370 g/mol. The van der Waals surface area contributed by atoms with Gasteiger partial charge in [0.2, 0.25) is 6.79 Å². The lowest BCUT2D eigenvalue weighted by Gasteiger charge is -2.39. The van der Waals surface area contributed by atoms with Gasteiger partial charge in [-0.05, 0) is 50.3 Å². The fourth-order valence-electron chi connectivity index (χ4n) is 4.41. The molecule has 4 rings (SSSR count). The Kier molecular flexibility index (Phi) is 4.68. The molecule has 0 spiro atoms. The fraction of sp³-hybridized carbons (Fsp3) is 0.478. The predicted octanol–water partition coefficient (Wildman–Crippen LogP) is 3.97. The molecule has 3 aliphatic rings. The minimum atomic E-state index is -0.490. The summed E-state index contributed by atoms with van der Waals surface area (Å²) in [6.07, 6.45) is 0.940. The van der Waals surface area contributed by atoms with Crippen molar-refractivity contribution in [1.82, 2.24) is 5.32 Å². The van der Waals surface area contributed by atoms with Crippen molar-refractivity contribution >= 4 is 11.8 Å². The number of ketones is 1. The normalized spacial score (nSPS) is 22.6. The van der Waals surface area contributed by atoms with Gasteiger partial charge >= 0.3 is 5.97 Å². The highest BCUT2D eigenvalue weighted by Gasteiger charge is 2.43. The summed E-state index contributed by atoms with van der Waals surface area (Å²) < 4.78 is 16.5. The van der Waals surface area contributed by atoms with E-state index in [0.717, 1.165) is 23.4 Å². The van der Waals surface area contributed by atoms with Crippen molar-refractivity contribution in [2.75, 3.05) is 6.79 Å². The second kappa shape index (κ2) is 6.94. The maximum atomic E-state index is 13.2. The van der Waals surface area contributed by atoms with Gasteiger partial charge in [0.15, 0.2) is 17.3 Å². The van der Waals surface area contributed by atoms with Crippen molar-refractivity contribution in [3.8, 4) is 11.5 Å². The number of hydrogen-bond acceptors (Lipinski definition) is 6. The number of hydrogen-bond donors (Lipinski definition) is 1. The number of benzene rings is 1. The number of carbonyl (C=O) groups is 2. The molecular formula is C23H27NO5. The highest BCUT2D eigenvalue weighted by atomic mass is 16.7. The van der Waals surface area contributed by atoms with Gasteiger partial charge in [0.05, 0.1) is 11.7 Å². The lowest BCUT2D eigenvalue weighted by atomic mass is 9.68. The van der Waals surface area contributed by atoms with Gasteiger partial charge in [0, 0.05) is 29.3 Å². The molecule has 1 aliphatic carbocycles. The van der Waals surface area contributed by atoms with Crippen molar-refractivity contribution in [2.24, 2.45) is 5.41 Å². The molecule has 0 aromatic heterocycles. The SMILES string of the molecule is CC1=C(C(=O)OC(C)C)[C@H](c2ccc3c(c2)OCO3)C2=C(CC(C)(C)CC2=O)N1. The molecule has 6 heteroatoms. The Morgan fingerprint density at radius 2 is 1.93 bits per heavy atom. The second-order valence-electron chi connectivity index (χ2n) is 9.00. The summed E-state index contributed by atoms with van der Waals surface area (Å²) in [5, 5.41) is 3.34. The van der Waals surface area contributed by atoms with Crippen molar-refractivity contribution in [3.05, 3.63) is 46.3 Å². The van der Waals surface area contributed by atoms with Gasteiger partial charge in [-0.2, -0.15) is 0 Å². The number of nitrogens with one attached hydrogen (secondary N) is 1. The van der Waals surface area contributed by atoms with Gasteiger partial charge < -0.3 is 19.5 Å². The van der Waals surface area contributed by atoms with Gasteiger partial charge in [-0.15, -0.1) is 0 Å². The molecule has 0 unspecified atom stereocenters. The monoisotopic (exact) mass is 397 g/mol. The zero-order chi connectivity index (χ0) is 20.9. The first kappa shape index (κ1) is 19.6. The van der Waals surface area contributed by atoms with Gasteiger partial charge in [-0.25, -0.2) is 4.79 Å². The molecule has 0 saturated carbocycles. The molecule has 2 heterocycles. The van der Waals surface area contributed by atoms with E-state index < -0.39 is 11.9 Å². The standard InChI is InChI=1S/C23H27NO5/c1-12(2)29-22(26)19-13(3)24-15-9-23(4,5)10-16(25)21(15)20(19)14-6-7-17-18(8-14)28-11-27-17/h6-8,12,20,24H,9-11H2,1-5H3/t20-/m0/s1. The Hall–Kier alpha value is -2.76. The average Bonchev–Trinajstić information content (AvgIpc) is 3.06. The summed E-state index contributed by atoms with van der Waals surface area (Å²) in [6.45, 7) is 9.86. The minimum absolute atomic E-state index is 0.0637. The van der Waals surface area contributed by atoms with Gasteiger partial charge in [0.1, 0.15) is 0 Å². The molecule has 0 saturated heterocycles. The predicted molar refractivity (Wildman–Crippen MR) is 107 cm³/mol. The highest BCUT2D eigenvalue weighted by Crippen LogP contribution is 2.48. The van der Waals surface area contributed by atoms with Gasteiger partial charge in [-0.3, -0.25) is 4.79 Å². The van der Waals surface area contributed by atoms with E-state index in [1.54, 1.807) is 0 Å². The maximum Gasteiger partial charge on any atom is 0.337 e. The van der Waals surface area contributed by atoms with Crippen LogP contribution < -0.4 is 14.8 Å². The zero-order valence-electron chi connectivity index (χ0n) is 17.5. The Morgan fingerprint density at radius 1 is 1.21 bits per heavy atom. The van der Waals surface area contributed by atoms with E-state index in [4.69, 9.17) is 14.2 Å². The van der Waals surface area contributed by atoms with Crippen LogP contribution in [0.15, 0.2) is 40.7 Å². The topological polar surface area (TPSA) is 73.9 Å². The minimum Gasteiger partial charge on any atom is -0.460 e. The van der Waals surface area contributed by atoms with Crippen molar-refractivity contribution in [3.63, 3.8) is 0 Å². The lowest BCUT2D eigenvalue weighted by molar-refractivity contribution is -0.143. The first-order chi connectivity index (χ1) is 13.7. The molecule has 0 amide bonds. The Balaban J connectivity index is 1.86. The third-order valence-electron chi connectivity index (χ3n) is 5.53. The Morgan fingerprint density at radius 3 is 2.66 bits per heavy atom. The number of Topliss-reactive ketones (excluding diaryl/α,β-unsaturated/α-hetero) is 1. The third-order valence-corrected chi connectivity index (χ3v) is 5.53. The number of carbonyl (C=O) groups excluding carboxylic acids is 2. The molecule has 29 heavy (non-hydrogen) atoms. The average molecular weight is 397 g/mol. The maximum absolute atomic E-state index is 13.2. The van der Waals surface area contributed by atoms with Crippen molar-refractivity contribution < 1.29 is 23.8 Å². The fourth-order valence-corrected chi connectivity index (χ4v) is 4.41. The van der Waals surface area contributed by atoms with E-state index in [1.807, 2.05) is 39.0 Å². The van der Waals surface area contributed by atoms with E-state index in [-0.39, 0.29) is 24.1 Å². The van der Waals surface area contributed by atoms with Crippen LogP contribution >= 0.6 is 0 Å². The number of esters is 1. The van der Waals surface area contributed by atoms with Gasteiger partial charge in [-0.1, -0.05) is 19.9 Å². The van der Waals surface area contributed by atoms with Crippen molar-refractivity contribution in [1.29, 1.82) is 0 Å². The van der Waals surface area contributed by atoms with Crippen LogP contribution in [0.25, 0.3) is 0 Å². The van der Waals surface area contributed by atoms with Crippen LogP contribution in [-0.4, -0.2) is 24.6 Å². The Labute approximate surface area is 170 Å². The molecule has 1 N–H and O–H groups in total. The van der Waals surface area contributed by atoms with Crippen LogP contribution in [0.4, 0.5) is 0 Å². The van der Waals surface area contributed by atoms with Crippen LogP contribution in [0.5, 0.6) is 11.5 Å². The van der Waals surface area contributed by atoms with Crippen LogP contribution in [-0.2, 0) is 14.3 Å². The smallest absolute Gasteiger partial charge is 0.337 e. The van der Waals surface area contributed by atoms with Crippen LogP contribution in [0, 0.1) is 5.41 Å². The molecule has 6 nitrogen and oxygen atoms in total. The molecule has 2 aliphatic heterocycles. The molecule has 0 bridgehead atoms. The van der Waals surface area contributed by atoms with Crippen molar-refractivity contribution in [2.45, 2.75) is 59.5 Å². The number of allylic oxidation sites excluding steroid dienone is 3. The summed E-state index contributed by atoms with van der Waals surface area (Å²) in [7, 11) is 0. The summed E-state index contributed by atoms with van der Waals surface area (Å²) in [5.74, 6) is 0.460. The Bertz CT molecular complexity index is 954. The largest absolute Gasteiger partial charge is 0.460 e. The van der Waals surface area contributed by atoms with Crippen LogP contribution in [0.2, 0.25) is 0 Å². The van der Waals surface area contributed by atoms with Crippen LogP contribution in [0.1, 0.15) is 58.9 Å². The molecule has 0 radical (unpaired) electrons. The molecule has 0 fully saturated rings. The zero-order valence-corrected chi connectivity index (χ0v) is 17.5. The number of rotatable bonds is 3. The second-order valence-corrected chi connectivity index (χ2v) is 9.00. The molecule has 154 valence electrons. The van der Waals surface area contributed by atoms with E-state index in [2.05, 4.69) is 19.2 Å². The first-order valence-corrected chi connectivity index (χ1v) is 10.0. The summed E-state index contributed by atoms with van der Waals surface area (Å²) in [5.41, 5.74) is 3.45. The number of fused-ring (bicyclic) bond motifs is 1. The molecule has 1 atom stereocenters. The molecule has 1 aromatic carbocycles. The van der Waals surface area contributed by atoms with Gasteiger partial charge in [0.25, 0.3) is 0 Å². The summed E-state index contributed by atoms with van der Waals surface area (Å²) in [6, 6.07) is 5.60. The van der Waals surface area contributed by atoms with E-state index in [9.17, 15) is 9.59 Å². The first-order valence-electron chi connectivity index (χ1n) is 10.0. The summed E-state index contributed by atoms with van der Waals surface area (Å²) >= 11 is 0. The number of dihydropyridines is 1. The van der Waals surface area contributed by atoms with E-state index in [0.29, 0.717) is 29.1 Å².